The molecule has 0 saturated heterocycles. The summed E-state index contributed by atoms with van der Waals surface area (Å²) in [5.41, 5.74) is 2.43. The molecule has 0 unspecified atom stereocenters. The fourth-order valence-electron chi connectivity index (χ4n) is 2.62. The lowest BCUT2D eigenvalue weighted by molar-refractivity contribution is 0.0696. The van der Waals surface area contributed by atoms with Gasteiger partial charge in [-0.15, -0.1) is 0 Å². The molecule has 0 spiro atoms. The first-order valence-electron chi connectivity index (χ1n) is 7.86. The fourth-order valence-corrected chi connectivity index (χ4v) is 2.62. The quantitative estimate of drug-likeness (QED) is 0.415. The van der Waals surface area contributed by atoms with Crippen LogP contribution in [0.2, 0.25) is 0 Å². The van der Waals surface area contributed by atoms with Crippen molar-refractivity contribution >= 4 is 23.4 Å². The van der Waals surface area contributed by atoms with E-state index in [2.05, 4.69) is 0 Å². The summed E-state index contributed by atoms with van der Waals surface area (Å²) < 4.78 is 0. The Bertz CT molecular complexity index is 926. The first-order valence-corrected chi connectivity index (χ1v) is 7.86. The molecule has 0 aliphatic rings. The number of Topliss-reactive ketones (excluding diaryl/α,β-unsaturated/α-hetero) is 1. The molecular weight excluding hydrogens is 312 g/mol. The van der Waals surface area contributed by atoms with Gasteiger partial charge in [0.1, 0.15) is 0 Å². The van der Waals surface area contributed by atoms with Gasteiger partial charge in [0.25, 0.3) is 0 Å². The minimum Gasteiger partial charge on any atom is -0.478 e. The minimum atomic E-state index is -1.02. The van der Waals surface area contributed by atoms with Gasteiger partial charge < -0.3 is 5.11 Å². The smallest absolute Gasteiger partial charge is 0.336 e. The van der Waals surface area contributed by atoms with Crippen molar-refractivity contribution in [1.82, 2.24) is 0 Å². The maximum Gasteiger partial charge on any atom is 0.336 e. The van der Waals surface area contributed by atoms with Crippen LogP contribution in [0.1, 0.15) is 31.8 Å². The van der Waals surface area contributed by atoms with E-state index in [1.807, 2.05) is 36.4 Å². The van der Waals surface area contributed by atoms with Crippen LogP contribution >= 0.6 is 0 Å². The molecule has 0 aromatic heterocycles. The zero-order valence-corrected chi connectivity index (χ0v) is 13.4. The van der Waals surface area contributed by atoms with Crippen molar-refractivity contribution in [1.29, 1.82) is 0 Å². The van der Waals surface area contributed by atoms with Gasteiger partial charge in [-0.2, -0.15) is 0 Å². The summed E-state index contributed by atoms with van der Waals surface area (Å²) in [6.07, 6.45) is 1.65. The molecule has 1 N–H and O–H groups in total. The van der Waals surface area contributed by atoms with E-state index in [4.69, 9.17) is 0 Å². The molecule has 3 rings (SSSR count). The van der Waals surface area contributed by atoms with Gasteiger partial charge in [0.15, 0.2) is 5.78 Å². The molecule has 0 bridgehead atoms. The molecule has 0 aliphatic carbocycles. The molecule has 3 aromatic rings. The Hall–Kier alpha value is -3.46. The molecule has 3 heteroatoms. The average molecular weight is 328 g/mol. The first kappa shape index (κ1) is 16.4. The summed E-state index contributed by atoms with van der Waals surface area (Å²) in [7, 11) is 0. The van der Waals surface area contributed by atoms with Crippen molar-refractivity contribution in [2.75, 3.05) is 0 Å². The van der Waals surface area contributed by atoms with E-state index in [1.165, 1.54) is 6.07 Å². The van der Waals surface area contributed by atoms with E-state index in [0.29, 0.717) is 16.7 Å². The van der Waals surface area contributed by atoms with Crippen molar-refractivity contribution in [3.63, 3.8) is 0 Å². The second kappa shape index (κ2) is 7.41. The van der Waals surface area contributed by atoms with Crippen LogP contribution in [0, 0.1) is 0 Å². The number of carboxylic acid groups (broad SMARTS) is 1. The predicted molar refractivity (Wildman–Crippen MR) is 98.5 cm³/mol. The van der Waals surface area contributed by atoms with Crippen molar-refractivity contribution in [3.8, 4) is 0 Å². The lowest BCUT2D eigenvalue weighted by Gasteiger charge is -2.09. The highest BCUT2D eigenvalue weighted by Crippen LogP contribution is 2.24. The molecule has 0 amide bonds. The highest BCUT2D eigenvalue weighted by Gasteiger charge is 2.16. The largest absolute Gasteiger partial charge is 0.478 e. The van der Waals surface area contributed by atoms with Crippen molar-refractivity contribution in [2.24, 2.45) is 0 Å². The van der Waals surface area contributed by atoms with Gasteiger partial charge in [-0.3, -0.25) is 4.79 Å². The Balaban J connectivity index is 2.16. The molecule has 3 aromatic carbocycles. The fraction of sp³-hybridized carbons (Fsp3) is 0. The van der Waals surface area contributed by atoms with Crippen molar-refractivity contribution < 1.29 is 14.7 Å². The Kier molecular flexibility index (Phi) is 4.86. The van der Waals surface area contributed by atoms with E-state index >= 15 is 0 Å². The van der Waals surface area contributed by atoms with Crippen molar-refractivity contribution in [3.05, 3.63) is 107 Å². The van der Waals surface area contributed by atoms with Gasteiger partial charge in [0, 0.05) is 11.1 Å². The summed E-state index contributed by atoms with van der Waals surface area (Å²) in [6, 6.07) is 24.9. The van der Waals surface area contributed by atoms with Crippen LogP contribution in [0.15, 0.2) is 84.9 Å². The van der Waals surface area contributed by atoms with Crippen LogP contribution < -0.4 is 0 Å². The van der Waals surface area contributed by atoms with Crippen LogP contribution in [0.4, 0.5) is 0 Å². The number of benzene rings is 3. The third-order valence-electron chi connectivity index (χ3n) is 3.86. The predicted octanol–water partition coefficient (Wildman–Crippen LogP) is 4.81. The number of rotatable bonds is 5. The number of carboxylic acids is 1. The lowest BCUT2D eigenvalue weighted by Crippen LogP contribution is -2.04. The van der Waals surface area contributed by atoms with Gasteiger partial charge in [0.2, 0.25) is 0 Å². The second-order valence-electron chi connectivity index (χ2n) is 5.51. The third kappa shape index (κ3) is 3.72. The Labute approximate surface area is 145 Å². The summed E-state index contributed by atoms with van der Waals surface area (Å²) in [4.78, 5) is 24.5. The number of hydrogen-bond acceptors (Lipinski definition) is 2. The minimum absolute atomic E-state index is 0.146. The average Bonchev–Trinajstić information content (AvgIpc) is 2.67. The lowest BCUT2D eigenvalue weighted by atomic mass is 9.93. The topological polar surface area (TPSA) is 54.4 Å². The zero-order valence-electron chi connectivity index (χ0n) is 13.4. The van der Waals surface area contributed by atoms with Crippen molar-refractivity contribution in [2.45, 2.75) is 0 Å². The third-order valence-corrected chi connectivity index (χ3v) is 3.86. The molecule has 3 nitrogen and oxygen atoms in total. The van der Waals surface area contributed by atoms with Gasteiger partial charge in [0.05, 0.1) is 5.56 Å². The highest BCUT2D eigenvalue weighted by molar-refractivity contribution is 6.32. The maximum absolute atomic E-state index is 13.0. The van der Waals surface area contributed by atoms with E-state index in [1.54, 1.807) is 48.5 Å². The number of ketones is 1. The van der Waals surface area contributed by atoms with E-state index in [9.17, 15) is 14.7 Å². The molecule has 25 heavy (non-hydrogen) atoms. The maximum atomic E-state index is 13.0. The highest BCUT2D eigenvalue weighted by atomic mass is 16.4. The summed E-state index contributed by atoms with van der Waals surface area (Å²) in [5.74, 6) is -1.17. The van der Waals surface area contributed by atoms with Crippen LogP contribution in [0.25, 0.3) is 11.6 Å². The first-order chi connectivity index (χ1) is 12.2. The van der Waals surface area contributed by atoms with Gasteiger partial charge in [-0.1, -0.05) is 78.9 Å². The number of hydrogen-bond donors (Lipinski definition) is 1. The molecule has 0 radical (unpaired) electrons. The van der Waals surface area contributed by atoms with E-state index in [0.717, 1.165) is 5.56 Å². The second-order valence-corrected chi connectivity index (χ2v) is 5.51. The molecule has 0 aliphatic heterocycles. The van der Waals surface area contributed by atoms with Crippen LogP contribution in [0.3, 0.4) is 0 Å². The molecule has 0 saturated carbocycles. The molecule has 0 atom stereocenters. The van der Waals surface area contributed by atoms with E-state index in [-0.39, 0.29) is 11.3 Å². The van der Waals surface area contributed by atoms with Gasteiger partial charge in [-0.25, -0.2) is 4.79 Å². The zero-order chi connectivity index (χ0) is 17.6. The SMILES string of the molecule is O=C(/C(=C/c1ccccc1C(=O)O)c1ccccc1)c1ccccc1. The summed E-state index contributed by atoms with van der Waals surface area (Å²) in [6.45, 7) is 0. The van der Waals surface area contributed by atoms with Crippen LogP contribution in [0.5, 0.6) is 0 Å². The molecule has 0 fully saturated rings. The van der Waals surface area contributed by atoms with Crippen LogP contribution in [-0.2, 0) is 0 Å². The molecular formula is C22H16O3. The Morgan fingerprint density at radius 2 is 1.20 bits per heavy atom. The van der Waals surface area contributed by atoms with E-state index < -0.39 is 5.97 Å². The Morgan fingerprint density at radius 3 is 1.80 bits per heavy atom. The van der Waals surface area contributed by atoms with Gasteiger partial charge >= 0.3 is 5.97 Å². The number of allylic oxidation sites excluding steroid dienone is 1. The monoisotopic (exact) mass is 328 g/mol. The summed E-state index contributed by atoms with van der Waals surface area (Å²) in [5, 5.41) is 9.39. The molecule has 122 valence electrons. The number of aromatic carboxylic acids is 1. The summed E-state index contributed by atoms with van der Waals surface area (Å²) >= 11 is 0. The number of carbonyl (C=O) groups is 2. The standard InChI is InChI=1S/C22H16O3/c23-21(17-11-5-2-6-12-17)20(16-9-3-1-4-10-16)15-18-13-7-8-14-19(18)22(24)25/h1-15H,(H,24,25)/b20-15+. The molecule has 0 heterocycles. The normalized spacial score (nSPS) is 11.1. The van der Waals surface area contributed by atoms with Gasteiger partial charge in [-0.05, 0) is 23.3 Å². The number of carbonyl (C=O) groups excluding carboxylic acids is 1. The Morgan fingerprint density at radius 1 is 0.680 bits per heavy atom. The van der Waals surface area contributed by atoms with Crippen LogP contribution in [-0.4, -0.2) is 16.9 Å².